The lowest BCUT2D eigenvalue weighted by Crippen LogP contribution is -2.47. The van der Waals surface area contributed by atoms with Crippen molar-refractivity contribution in [3.05, 3.63) is 0 Å². The molecule has 2 N–H and O–H groups in total. The molecule has 0 aromatic rings. The average Bonchev–Trinajstić information content (AvgIpc) is 2.73. The highest BCUT2D eigenvalue weighted by atomic mass is 16.5. The van der Waals surface area contributed by atoms with Crippen LogP contribution in [-0.4, -0.2) is 50.1 Å². The smallest absolute Gasteiger partial charge is 0.323 e. The Morgan fingerprint density at radius 1 is 1.44 bits per heavy atom. The molecular formula is C11H21NO4. The van der Waals surface area contributed by atoms with Crippen LogP contribution in [0.2, 0.25) is 0 Å². The molecule has 1 atom stereocenters. The third-order valence-corrected chi connectivity index (χ3v) is 2.98. The summed E-state index contributed by atoms with van der Waals surface area (Å²) in [5, 5.41) is 12.3. The van der Waals surface area contributed by atoms with Gasteiger partial charge in [0.25, 0.3) is 0 Å². The summed E-state index contributed by atoms with van der Waals surface area (Å²) >= 11 is 0. The minimum absolute atomic E-state index is 0.573. The van der Waals surface area contributed by atoms with Crippen molar-refractivity contribution in [2.75, 3.05) is 33.5 Å². The van der Waals surface area contributed by atoms with E-state index in [2.05, 4.69) is 5.32 Å². The predicted octanol–water partition coefficient (Wildman–Crippen LogP) is 0.636. The summed E-state index contributed by atoms with van der Waals surface area (Å²) in [7, 11) is 1.63. The number of methoxy groups -OCH3 is 1. The van der Waals surface area contributed by atoms with Crippen molar-refractivity contribution >= 4 is 5.97 Å². The van der Waals surface area contributed by atoms with E-state index in [1.54, 1.807) is 7.11 Å². The maximum atomic E-state index is 11.2. The normalized spacial score (nSPS) is 24.8. The number of carboxylic acid groups (broad SMARTS) is 1. The summed E-state index contributed by atoms with van der Waals surface area (Å²) in [4.78, 5) is 11.2. The molecule has 1 rings (SSSR count). The number of carboxylic acids is 1. The summed E-state index contributed by atoms with van der Waals surface area (Å²) in [5.41, 5.74) is -0.704. The van der Waals surface area contributed by atoms with Crippen LogP contribution in [0.4, 0.5) is 0 Å². The summed E-state index contributed by atoms with van der Waals surface area (Å²) in [6, 6.07) is 0. The first-order chi connectivity index (χ1) is 7.71. The number of hydrogen-bond acceptors (Lipinski definition) is 4. The van der Waals surface area contributed by atoms with Crippen LogP contribution in [0.15, 0.2) is 0 Å². The third kappa shape index (κ3) is 3.73. The van der Waals surface area contributed by atoms with Gasteiger partial charge in [-0.15, -0.1) is 0 Å². The van der Waals surface area contributed by atoms with Gasteiger partial charge in [-0.2, -0.15) is 0 Å². The molecule has 0 aromatic carbocycles. The van der Waals surface area contributed by atoms with E-state index in [4.69, 9.17) is 9.47 Å². The fraction of sp³-hybridized carbons (Fsp3) is 0.909. The van der Waals surface area contributed by atoms with Crippen molar-refractivity contribution in [3.63, 3.8) is 0 Å². The van der Waals surface area contributed by atoms with E-state index in [1.165, 1.54) is 0 Å². The number of hydrogen-bond donors (Lipinski definition) is 2. The summed E-state index contributed by atoms with van der Waals surface area (Å²) in [6.45, 7) is 2.56. The van der Waals surface area contributed by atoms with Crippen LogP contribution < -0.4 is 5.32 Å². The summed E-state index contributed by atoms with van der Waals surface area (Å²) in [5.74, 6) is -0.734. The minimum Gasteiger partial charge on any atom is -0.480 e. The molecule has 0 spiro atoms. The van der Waals surface area contributed by atoms with E-state index in [0.717, 1.165) is 25.8 Å². The fourth-order valence-electron chi connectivity index (χ4n) is 2.03. The number of ether oxygens (including phenoxy) is 2. The monoisotopic (exact) mass is 231 g/mol. The van der Waals surface area contributed by atoms with Crippen molar-refractivity contribution in [2.45, 2.75) is 31.2 Å². The van der Waals surface area contributed by atoms with Crippen LogP contribution in [0.3, 0.4) is 0 Å². The van der Waals surface area contributed by atoms with Crippen molar-refractivity contribution in [3.8, 4) is 0 Å². The van der Waals surface area contributed by atoms with Gasteiger partial charge >= 0.3 is 5.97 Å². The van der Waals surface area contributed by atoms with Gasteiger partial charge in [0.05, 0.1) is 13.2 Å². The van der Waals surface area contributed by atoms with Crippen LogP contribution in [0.5, 0.6) is 0 Å². The average molecular weight is 231 g/mol. The van der Waals surface area contributed by atoms with Crippen molar-refractivity contribution in [1.29, 1.82) is 0 Å². The highest BCUT2D eigenvalue weighted by Crippen LogP contribution is 2.24. The van der Waals surface area contributed by atoms with Crippen LogP contribution >= 0.6 is 0 Å². The SMILES string of the molecule is COCCOCCCC1(C(=O)O)CCCN1. The molecule has 16 heavy (non-hydrogen) atoms. The maximum absolute atomic E-state index is 11.2. The molecular weight excluding hydrogens is 210 g/mol. The second kappa shape index (κ2) is 6.83. The summed E-state index contributed by atoms with van der Waals surface area (Å²) in [6.07, 6.45) is 3.07. The Morgan fingerprint density at radius 3 is 2.81 bits per heavy atom. The fourth-order valence-corrected chi connectivity index (χ4v) is 2.03. The van der Waals surface area contributed by atoms with Gasteiger partial charge < -0.3 is 19.9 Å². The van der Waals surface area contributed by atoms with Gasteiger partial charge in [-0.3, -0.25) is 4.79 Å². The van der Waals surface area contributed by atoms with Crippen LogP contribution in [0.25, 0.3) is 0 Å². The van der Waals surface area contributed by atoms with Crippen LogP contribution in [0, 0.1) is 0 Å². The Hall–Kier alpha value is -0.650. The van der Waals surface area contributed by atoms with E-state index in [1.807, 2.05) is 0 Å². The molecule has 0 saturated carbocycles. The molecule has 0 bridgehead atoms. The number of rotatable bonds is 8. The molecule has 1 aliphatic heterocycles. The molecule has 0 radical (unpaired) electrons. The standard InChI is InChI=1S/C11H21NO4/c1-15-8-9-16-7-3-5-11(10(13)14)4-2-6-12-11/h12H,2-9H2,1H3,(H,13,14). The Kier molecular flexibility index (Phi) is 5.73. The first-order valence-electron chi connectivity index (χ1n) is 5.76. The predicted molar refractivity (Wildman–Crippen MR) is 59.5 cm³/mol. The van der Waals surface area contributed by atoms with Gasteiger partial charge in [0.1, 0.15) is 5.54 Å². The Balaban J connectivity index is 2.16. The second-order valence-corrected chi connectivity index (χ2v) is 4.13. The molecule has 5 nitrogen and oxygen atoms in total. The molecule has 94 valence electrons. The zero-order chi connectivity index (χ0) is 11.9. The first-order valence-corrected chi connectivity index (χ1v) is 5.76. The lowest BCUT2D eigenvalue weighted by Gasteiger charge is -2.24. The lowest BCUT2D eigenvalue weighted by atomic mass is 9.92. The molecule has 1 aliphatic rings. The topological polar surface area (TPSA) is 67.8 Å². The van der Waals surface area contributed by atoms with E-state index < -0.39 is 11.5 Å². The van der Waals surface area contributed by atoms with Crippen LogP contribution in [-0.2, 0) is 14.3 Å². The van der Waals surface area contributed by atoms with E-state index in [0.29, 0.717) is 26.2 Å². The lowest BCUT2D eigenvalue weighted by molar-refractivity contribution is -0.144. The van der Waals surface area contributed by atoms with Gasteiger partial charge in [-0.1, -0.05) is 0 Å². The molecule has 0 aromatic heterocycles. The Bertz CT molecular complexity index is 214. The van der Waals surface area contributed by atoms with E-state index in [-0.39, 0.29) is 0 Å². The van der Waals surface area contributed by atoms with Gasteiger partial charge in [0.15, 0.2) is 0 Å². The van der Waals surface area contributed by atoms with Gasteiger partial charge in [0.2, 0.25) is 0 Å². The molecule has 0 aliphatic carbocycles. The number of carbonyl (C=O) groups is 1. The minimum atomic E-state index is -0.734. The second-order valence-electron chi connectivity index (χ2n) is 4.13. The van der Waals surface area contributed by atoms with E-state index in [9.17, 15) is 9.90 Å². The first kappa shape index (κ1) is 13.4. The summed E-state index contributed by atoms with van der Waals surface area (Å²) < 4.78 is 10.2. The highest BCUT2D eigenvalue weighted by Gasteiger charge is 2.40. The highest BCUT2D eigenvalue weighted by molar-refractivity contribution is 5.79. The van der Waals surface area contributed by atoms with Crippen molar-refractivity contribution in [2.24, 2.45) is 0 Å². The third-order valence-electron chi connectivity index (χ3n) is 2.98. The maximum Gasteiger partial charge on any atom is 0.323 e. The van der Waals surface area contributed by atoms with Gasteiger partial charge in [0, 0.05) is 13.7 Å². The molecule has 1 fully saturated rings. The molecule has 1 saturated heterocycles. The van der Waals surface area contributed by atoms with Crippen molar-refractivity contribution < 1.29 is 19.4 Å². The number of nitrogens with one attached hydrogen (secondary N) is 1. The molecule has 1 unspecified atom stereocenters. The molecule has 5 heteroatoms. The Labute approximate surface area is 96.1 Å². The molecule has 1 heterocycles. The van der Waals surface area contributed by atoms with E-state index >= 15 is 0 Å². The zero-order valence-corrected chi connectivity index (χ0v) is 9.83. The van der Waals surface area contributed by atoms with Gasteiger partial charge in [-0.25, -0.2) is 0 Å². The van der Waals surface area contributed by atoms with Crippen LogP contribution in [0.1, 0.15) is 25.7 Å². The van der Waals surface area contributed by atoms with Gasteiger partial charge in [-0.05, 0) is 32.2 Å². The quantitative estimate of drug-likeness (QED) is 0.600. The molecule has 0 amide bonds. The van der Waals surface area contributed by atoms with Crippen molar-refractivity contribution in [1.82, 2.24) is 5.32 Å². The largest absolute Gasteiger partial charge is 0.480 e. The zero-order valence-electron chi connectivity index (χ0n) is 9.83. The Morgan fingerprint density at radius 2 is 2.25 bits per heavy atom. The number of aliphatic carboxylic acids is 1.